The van der Waals surface area contributed by atoms with Crippen molar-refractivity contribution >= 4 is 17.4 Å². The van der Waals surface area contributed by atoms with Crippen molar-refractivity contribution in [2.45, 2.75) is 32.1 Å². The van der Waals surface area contributed by atoms with E-state index in [1.54, 1.807) is 0 Å². The van der Waals surface area contributed by atoms with Crippen molar-refractivity contribution in [3.63, 3.8) is 0 Å². The third-order valence-electron chi connectivity index (χ3n) is 5.13. The highest BCUT2D eigenvalue weighted by Gasteiger charge is 2.25. The third-order valence-corrected chi connectivity index (χ3v) is 5.13. The number of nitrogens with one attached hydrogen (secondary N) is 2. The fraction of sp³-hybridized carbons (Fsp3) is 0.421. The van der Waals surface area contributed by atoms with E-state index in [2.05, 4.69) is 15.5 Å². The quantitative estimate of drug-likeness (QED) is 0.670. The summed E-state index contributed by atoms with van der Waals surface area (Å²) >= 11 is 0. The number of carbonyl (C=O) groups excluding carboxylic acids is 2. The fourth-order valence-electron chi connectivity index (χ4n) is 3.53. The fourth-order valence-corrected chi connectivity index (χ4v) is 3.53. The Hall–Kier alpha value is -2.61. The zero-order chi connectivity index (χ0) is 19.4. The van der Waals surface area contributed by atoms with E-state index < -0.39 is 23.1 Å². The number of rotatable bonds is 6. The summed E-state index contributed by atoms with van der Waals surface area (Å²) in [6.07, 6.45) is 5.47. The number of carbonyl (C=O) groups is 2. The van der Waals surface area contributed by atoms with Gasteiger partial charge in [0.05, 0.1) is 11.9 Å². The number of hydrogen-bond donors (Lipinski definition) is 3. The highest BCUT2D eigenvalue weighted by molar-refractivity contribution is 6.08. The largest absolute Gasteiger partial charge is 0.330 e. The van der Waals surface area contributed by atoms with Gasteiger partial charge in [-0.3, -0.25) is 14.7 Å². The van der Waals surface area contributed by atoms with E-state index in [0.29, 0.717) is 18.9 Å². The van der Waals surface area contributed by atoms with E-state index in [0.717, 1.165) is 37.8 Å². The molecule has 27 heavy (non-hydrogen) atoms. The van der Waals surface area contributed by atoms with Crippen LogP contribution in [0.15, 0.2) is 24.4 Å². The summed E-state index contributed by atoms with van der Waals surface area (Å²) in [6.45, 7) is 0.671. The number of amides is 1. The van der Waals surface area contributed by atoms with Crippen molar-refractivity contribution in [3.8, 4) is 0 Å². The minimum absolute atomic E-state index is 0. The van der Waals surface area contributed by atoms with Gasteiger partial charge in [-0.15, -0.1) is 0 Å². The number of benzene rings is 1. The Morgan fingerprint density at radius 2 is 1.81 bits per heavy atom. The standard InChI is InChI=1S/C19H22F2N4O2.H2/c20-13-2-1-3-14(21)17(13)19(27)24-15-10-23-25-18(15)16(26)8-11-4-6-12(9-22)7-5-11;/h1-3,10-12H,4-9,22H2,(H,23,25)(H,24,27);1H. The molecule has 0 spiro atoms. The van der Waals surface area contributed by atoms with Crippen LogP contribution in [0.5, 0.6) is 0 Å². The number of aromatic amines is 1. The number of aromatic nitrogens is 2. The lowest BCUT2D eigenvalue weighted by Gasteiger charge is -2.27. The van der Waals surface area contributed by atoms with Gasteiger partial charge < -0.3 is 11.1 Å². The molecule has 1 fully saturated rings. The van der Waals surface area contributed by atoms with Crippen molar-refractivity contribution < 1.29 is 19.8 Å². The van der Waals surface area contributed by atoms with Gasteiger partial charge in [0, 0.05) is 7.85 Å². The molecule has 0 saturated heterocycles. The summed E-state index contributed by atoms with van der Waals surface area (Å²) in [5, 5.41) is 8.74. The minimum atomic E-state index is -0.972. The van der Waals surface area contributed by atoms with Crippen LogP contribution in [0.2, 0.25) is 0 Å². The van der Waals surface area contributed by atoms with Crippen LogP contribution < -0.4 is 11.1 Å². The summed E-state index contributed by atoms with van der Waals surface area (Å²) in [6, 6.07) is 3.17. The van der Waals surface area contributed by atoms with Crippen molar-refractivity contribution in [1.29, 1.82) is 0 Å². The number of ketones is 1. The third kappa shape index (κ3) is 4.39. The van der Waals surface area contributed by atoms with E-state index in [1.165, 1.54) is 12.3 Å². The molecule has 0 aliphatic heterocycles. The molecule has 1 amide bonds. The molecule has 2 aromatic rings. The molecule has 1 aliphatic carbocycles. The maximum absolute atomic E-state index is 13.8. The molecule has 0 radical (unpaired) electrons. The average molecular weight is 378 g/mol. The van der Waals surface area contributed by atoms with Crippen molar-refractivity contribution in [3.05, 3.63) is 47.3 Å². The van der Waals surface area contributed by atoms with Crippen molar-refractivity contribution in [1.82, 2.24) is 10.2 Å². The maximum Gasteiger partial charge on any atom is 0.261 e. The second-order valence-electron chi connectivity index (χ2n) is 6.96. The molecule has 0 unspecified atom stereocenters. The molecule has 1 heterocycles. The minimum Gasteiger partial charge on any atom is -0.330 e. The molecule has 0 atom stereocenters. The van der Waals surface area contributed by atoms with E-state index >= 15 is 0 Å². The molecule has 4 N–H and O–H groups in total. The van der Waals surface area contributed by atoms with Gasteiger partial charge in [0.2, 0.25) is 0 Å². The number of nitrogens with two attached hydrogens (primary N) is 1. The zero-order valence-corrected chi connectivity index (χ0v) is 14.8. The van der Waals surface area contributed by atoms with E-state index in [-0.39, 0.29) is 24.5 Å². The average Bonchev–Trinajstić information content (AvgIpc) is 3.10. The molecule has 8 heteroatoms. The van der Waals surface area contributed by atoms with E-state index in [4.69, 9.17) is 5.73 Å². The van der Waals surface area contributed by atoms with E-state index in [1.807, 2.05) is 0 Å². The SMILES string of the molecule is NCC1CCC(CC(=O)c2[nH]ncc2NC(=O)c2c(F)cccc2F)CC1.[HH]. The molecule has 0 bridgehead atoms. The lowest BCUT2D eigenvalue weighted by molar-refractivity contribution is 0.0939. The highest BCUT2D eigenvalue weighted by Crippen LogP contribution is 2.31. The topological polar surface area (TPSA) is 101 Å². The molecule has 1 aliphatic rings. The van der Waals surface area contributed by atoms with Gasteiger partial charge in [-0.1, -0.05) is 6.07 Å². The Balaban J connectivity index is 0.00000280. The lowest BCUT2D eigenvalue weighted by Crippen LogP contribution is -2.23. The summed E-state index contributed by atoms with van der Waals surface area (Å²) in [5.41, 5.74) is 5.25. The van der Waals surface area contributed by atoms with Crippen LogP contribution in [-0.2, 0) is 0 Å². The molecule has 6 nitrogen and oxygen atoms in total. The Bertz CT molecular complexity index is 815. The Morgan fingerprint density at radius 1 is 1.19 bits per heavy atom. The predicted octanol–water partition coefficient (Wildman–Crippen LogP) is 3.52. The molecule has 1 saturated carbocycles. The molecule has 1 aromatic carbocycles. The Kier molecular flexibility index (Phi) is 5.95. The highest BCUT2D eigenvalue weighted by atomic mass is 19.1. The zero-order valence-electron chi connectivity index (χ0n) is 14.8. The maximum atomic E-state index is 13.8. The molecule has 1 aromatic heterocycles. The first kappa shape index (κ1) is 19.2. The van der Waals surface area contributed by atoms with Gasteiger partial charge >= 0.3 is 0 Å². The Morgan fingerprint density at radius 3 is 2.44 bits per heavy atom. The van der Waals surface area contributed by atoms with E-state index in [9.17, 15) is 18.4 Å². The number of nitrogens with zero attached hydrogens (tertiary/aromatic N) is 1. The van der Waals surface area contributed by atoms with Gasteiger partial charge in [-0.05, 0) is 56.2 Å². The summed E-state index contributed by atoms with van der Waals surface area (Å²) in [7, 11) is 0. The van der Waals surface area contributed by atoms with Crippen LogP contribution in [-0.4, -0.2) is 28.4 Å². The van der Waals surface area contributed by atoms with Crippen LogP contribution in [0.4, 0.5) is 14.5 Å². The summed E-state index contributed by atoms with van der Waals surface area (Å²) in [5.74, 6) is -2.32. The normalized spacial score (nSPS) is 19.7. The summed E-state index contributed by atoms with van der Waals surface area (Å²) < 4.78 is 27.5. The van der Waals surface area contributed by atoms with Gasteiger partial charge in [-0.25, -0.2) is 8.78 Å². The first-order chi connectivity index (χ1) is 13.0. The van der Waals surface area contributed by atoms with Crippen LogP contribution in [0.25, 0.3) is 0 Å². The van der Waals surface area contributed by atoms with Crippen LogP contribution >= 0.6 is 0 Å². The van der Waals surface area contributed by atoms with Crippen molar-refractivity contribution in [2.75, 3.05) is 11.9 Å². The van der Waals surface area contributed by atoms with Gasteiger partial charge in [0.15, 0.2) is 5.78 Å². The van der Waals surface area contributed by atoms with Gasteiger partial charge in [0.25, 0.3) is 5.91 Å². The number of Topliss-reactive ketones (excluding diaryl/α,β-unsaturated/α-hetero) is 1. The van der Waals surface area contributed by atoms with Crippen LogP contribution in [0.3, 0.4) is 0 Å². The Labute approximate surface area is 157 Å². The van der Waals surface area contributed by atoms with Crippen molar-refractivity contribution in [2.24, 2.45) is 17.6 Å². The number of H-pyrrole nitrogens is 1. The smallest absolute Gasteiger partial charge is 0.261 e. The first-order valence-electron chi connectivity index (χ1n) is 9.01. The van der Waals surface area contributed by atoms with Gasteiger partial charge in [-0.2, -0.15) is 5.10 Å². The second-order valence-corrected chi connectivity index (χ2v) is 6.96. The first-order valence-corrected chi connectivity index (χ1v) is 9.01. The molecule has 146 valence electrons. The number of halogens is 2. The van der Waals surface area contributed by atoms with Gasteiger partial charge in [0.1, 0.15) is 22.9 Å². The van der Waals surface area contributed by atoms with Crippen LogP contribution in [0.1, 0.15) is 54.4 Å². The van der Waals surface area contributed by atoms with Crippen LogP contribution in [0, 0.1) is 23.5 Å². The number of anilines is 1. The summed E-state index contributed by atoms with van der Waals surface area (Å²) in [4.78, 5) is 24.8. The lowest BCUT2D eigenvalue weighted by atomic mass is 9.79. The second kappa shape index (κ2) is 8.39. The molecular weight excluding hydrogens is 354 g/mol. The monoisotopic (exact) mass is 378 g/mol. The molecular formula is C19H24F2N4O2. The number of hydrogen-bond acceptors (Lipinski definition) is 4. The predicted molar refractivity (Wildman–Crippen MR) is 98.5 cm³/mol. The molecule has 3 rings (SSSR count).